The van der Waals surface area contributed by atoms with E-state index in [9.17, 15) is 14.8 Å². The number of rotatable bonds is 4. The van der Waals surface area contributed by atoms with Crippen LogP contribution in [0.15, 0.2) is 42.5 Å². The molecule has 1 fully saturated rings. The molecule has 1 aliphatic rings. The van der Waals surface area contributed by atoms with E-state index in [-0.39, 0.29) is 6.04 Å². The number of hydrogen-bond acceptors (Lipinski definition) is 4. The van der Waals surface area contributed by atoms with Crippen LogP contribution >= 0.6 is 0 Å². The fourth-order valence-electron chi connectivity index (χ4n) is 3.26. The van der Waals surface area contributed by atoms with Crippen LogP contribution in [0.1, 0.15) is 29.2 Å². The van der Waals surface area contributed by atoms with Crippen LogP contribution in [0, 0.1) is 17.1 Å². The topological polar surface area (TPSA) is 56.5 Å². The Morgan fingerprint density at radius 3 is 2.92 bits per heavy atom. The summed E-state index contributed by atoms with van der Waals surface area (Å²) in [4.78, 5) is 2.12. The van der Waals surface area contributed by atoms with E-state index in [1.165, 1.54) is 12.1 Å². The molecule has 2 atom stereocenters. The van der Waals surface area contributed by atoms with Crippen LogP contribution in [0.3, 0.4) is 0 Å². The number of β-amino-alcohol motifs (C(OH)–C–C–N with tert-alkyl or cyclic N) is 1. The van der Waals surface area contributed by atoms with Crippen molar-refractivity contribution in [2.45, 2.75) is 25.1 Å². The van der Waals surface area contributed by atoms with Crippen LogP contribution in [0.4, 0.5) is 4.39 Å². The van der Waals surface area contributed by atoms with Gasteiger partial charge in [-0.15, -0.1) is 0 Å². The molecule has 24 heavy (non-hydrogen) atoms. The van der Waals surface area contributed by atoms with Gasteiger partial charge in [-0.1, -0.05) is 18.2 Å². The number of nitriles is 1. The quantitative estimate of drug-likeness (QED) is 0.938. The van der Waals surface area contributed by atoms with Gasteiger partial charge in [0.2, 0.25) is 0 Å². The van der Waals surface area contributed by atoms with Crippen molar-refractivity contribution in [3.8, 4) is 11.8 Å². The Kier molecular flexibility index (Phi) is 4.79. The average Bonchev–Trinajstić information content (AvgIpc) is 2.97. The van der Waals surface area contributed by atoms with Crippen molar-refractivity contribution in [2.75, 3.05) is 13.7 Å². The van der Waals surface area contributed by atoms with Crippen LogP contribution < -0.4 is 4.74 Å². The summed E-state index contributed by atoms with van der Waals surface area (Å²) >= 11 is 0. The van der Waals surface area contributed by atoms with Gasteiger partial charge >= 0.3 is 0 Å². The second-order valence-electron chi connectivity index (χ2n) is 6.02. The number of aliphatic hydroxyl groups is 1. The molecular weight excluding hydrogens is 307 g/mol. The number of nitrogens with zero attached hydrogens (tertiary/aromatic N) is 2. The van der Waals surface area contributed by atoms with Crippen molar-refractivity contribution in [3.63, 3.8) is 0 Å². The molecule has 0 radical (unpaired) electrons. The van der Waals surface area contributed by atoms with Gasteiger partial charge in [0.05, 0.1) is 24.8 Å². The minimum atomic E-state index is -0.424. The summed E-state index contributed by atoms with van der Waals surface area (Å²) in [5, 5.41) is 19.3. The Hall–Kier alpha value is -2.42. The molecular formula is C19H19FN2O2. The van der Waals surface area contributed by atoms with Gasteiger partial charge < -0.3 is 9.84 Å². The highest BCUT2D eigenvalue weighted by Crippen LogP contribution is 2.35. The van der Waals surface area contributed by atoms with Crippen molar-refractivity contribution in [2.24, 2.45) is 0 Å². The summed E-state index contributed by atoms with van der Waals surface area (Å²) in [6.07, 6.45) is 0.197. The summed E-state index contributed by atoms with van der Waals surface area (Å²) in [5.41, 5.74) is 2.16. The Bertz CT molecular complexity index is 772. The summed E-state index contributed by atoms with van der Waals surface area (Å²) in [6, 6.07) is 14.1. The van der Waals surface area contributed by atoms with E-state index < -0.39 is 11.9 Å². The first kappa shape index (κ1) is 16.4. The molecule has 1 saturated heterocycles. The van der Waals surface area contributed by atoms with Gasteiger partial charge in [0.25, 0.3) is 0 Å². The lowest BCUT2D eigenvalue weighted by atomic mass is 10.0. The van der Waals surface area contributed by atoms with E-state index in [2.05, 4.69) is 4.90 Å². The number of ether oxygens (including phenoxy) is 1. The molecule has 3 rings (SSSR count). The number of aliphatic hydroxyl groups excluding tert-OH is 1. The van der Waals surface area contributed by atoms with Crippen molar-refractivity contribution >= 4 is 0 Å². The van der Waals surface area contributed by atoms with Crippen molar-refractivity contribution < 1.29 is 14.2 Å². The van der Waals surface area contributed by atoms with Gasteiger partial charge in [0.1, 0.15) is 11.6 Å². The average molecular weight is 326 g/mol. The van der Waals surface area contributed by atoms with Gasteiger partial charge in [0, 0.05) is 19.1 Å². The monoisotopic (exact) mass is 326 g/mol. The number of methoxy groups -OCH3 is 1. The number of likely N-dealkylation sites (tertiary alicyclic amines) is 1. The number of halogens is 1. The van der Waals surface area contributed by atoms with Crippen molar-refractivity contribution in [1.29, 1.82) is 5.26 Å². The van der Waals surface area contributed by atoms with Gasteiger partial charge in [-0.3, -0.25) is 4.90 Å². The molecule has 0 amide bonds. The van der Waals surface area contributed by atoms with Crippen molar-refractivity contribution in [3.05, 3.63) is 65.0 Å². The van der Waals surface area contributed by atoms with Crippen LogP contribution in [-0.2, 0) is 6.54 Å². The molecule has 0 spiro atoms. The normalized spacial score (nSPS) is 20.8. The van der Waals surface area contributed by atoms with Gasteiger partial charge in [-0.05, 0) is 41.8 Å². The van der Waals surface area contributed by atoms with E-state index in [0.717, 1.165) is 16.9 Å². The first-order valence-electron chi connectivity index (χ1n) is 7.85. The molecule has 5 heteroatoms. The Morgan fingerprint density at radius 1 is 1.33 bits per heavy atom. The van der Waals surface area contributed by atoms with Crippen LogP contribution in [0.2, 0.25) is 0 Å². The largest absolute Gasteiger partial charge is 0.497 e. The summed E-state index contributed by atoms with van der Waals surface area (Å²) in [7, 11) is 1.62. The molecule has 1 N–H and O–H groups in total. The maximum Gasteiger partial charge on any atom is 0.124 e. The minimum Gasteiger partial charge on any atom is -0.497 e. The van der Waals surface area contributed by atoms with Crippen LogP contribution in [-0.4, -0.2) is 29.8 Å². The van der Waals surface area contributed by atoms with E-state index in [1.54, 1.807) is 13.2 Å². The van der Waals surface area contributed by atoms with Gasteiger partial charge in [-0.2, -0.15) is 5.26 Å². The second-order valence-corrected chi connectivity index (χ2v) is 6.02. The lowest BCUT2D eigenvalue weighted by molar-refractivity contribution is 0.172. The Labute approximate surface area is 140 Å². The first-order chi connectivity index (χ1) is 11.6. The highest BCUT2D eigenvalue weighted by molar-refractivity contribution is 5.38. The lowest BCUT2D eigenvalue weighted by Crippen LogP contribution is -2.24. The molecule has 0 bridgehead atoms. The molecule has 124 valence electrons. The molecule has 2 aromatic rings. The van der Waals surface area contributed by atoms with E-state index in [4.69, 9.17) is 4.74 Å². The summed E-state index contributed by atoms with van der Waals surface area (Å²) in [6.45, 7) is 1.01. The maximum absolute atomic E-state index is 13.3. The molecule has 0 unspecified atom stereocenters. The van der Waals surface area contributed by atoms with Crippen LogP contribution in [0.5, 0.6) is 5.75 Å². The van der Waals surface area contributed by atoms with E-state index >= 15 is 0 Å². The summed E-state index contributed by atoms with van der Waals surface area (Å²) in [5.74, 6) is 0.356. The molecule has 1 aliphatic heterocycles. The first-order valence-corrected chi connectivity index (χ1v) is 7.85. The number of benzene rings is 2. The maximum atomic E-state index is 13.3. The number of hydrogen-bond donors (Lipinski definition) is 1. The second kappa shape index (κ2) is 7.00. The molecule has 1 heterocycles. The summed E-state index contributed by atoms with van der Waals surface area (Å²) < 4.78 is 18.6. The third-order valence-electron chi connectivity index (χ3n) is 4.43. The molecule has 0 aromatic heterocycles. The minimum absolute atomic E-state index is 0.0340. The third kappa shape index (κ3) is 3.40. The predicted molar refractivity (Wildman–Crippen MR) is 87.9 cm³/mol. The highest BCUT2D eigenvalue weighted by atomic mass is 19.1. The fraction of sp³-hybridized carbons (Fsp3) is 0.316. The van der Waals surface area contributed by atoms with Gasteiger partial charge in [0.15, 0.2) is 0 Å². The fourth-order valence-corrected chi connectivity index (χ4v) is 3.26. The third-order valence-corrected chi connectivity index (χ3v) is 4.43. The standard InChI is InChI=1S/C19H19FN2O2/c1-24-18-4-2-3-13(8-18)19-9-17(23)12-22(19)11-14-5-6-16(20)7-15(14)10-21/h2-8,17,19,23H,9,11-12H2,1H3/t17-,19+/m1/s1. The predicted octanol–water partition coefficient (Wildman–Crippen LogP) is 3.01. The Balaban J connectivity index is 1.87. The van der Waals surface area contributed by atoms with Gasteiger partial charge in [-0.25, -0.2) is 4.39 Å². The lowest BCUT2D eigenvalue weighted by Gasteiger charge is -2.25. The SMILES string of the molecule is COc1cccc([C@@H]2C[C@@H](O)CN2Cc2ccc(F)cc2C#N)c1. The van der Waals surface area contributed by atoms with Crippen molar-refractivity contribution in [1.82, 2.24) is 4.90 Å². The molecule has 2 aromatic carbocycles. The van der Waals surface area contributed by atoms with E-state index in [1.807, 2.05) is 30.3 Å². The zero-order valence-electron chi connectivity index (χ0n) is 13.4. The van der Waals surface area contributed by atoms with E-state index in [0.29, 0.717) is 25.1 Å². The molecule has 4 nitrogen and oxygen atoms in total. The smallest absolute Gasteiger partial charge is 0.124 e. The zero-order chi connectivity index (χ0) is 17.1. The zero-order valence-corrected chi connectivity index (χ0v) is 13.4. The molecule has 0 saturated carbocycles. The highest BCUT2D eigenvalue weighted by Gasteiger charge is 2.32. The molecule has 0 aliphatic carbocycles. The Morgan fingerprint density at radius 2 is 2.17 bits per heavy atom. The van der Waals surface area contributed by atoms with Crippen LogP contribution in [0.25, 0.3) is 0 Å².